The van der Waals surface area contributed by atoms with Gasteiger partial charge in [0.25, 0.3) is 5.91 Å². The summed E-state index contributed by atoms with van der Waals surface area (Å²) in [4.78, 5) is 21.5. The molecule has 7 heteroatoms. The third kappa shape index (κ3) is 5.04. The molecule has 1 aromatic heterocycles. The Labute approximate surface area is 191 Å². The van der Waals surface area contributed by atoms with E-state index in [9.17, 15) is 4.79 Å². The van der Waals surface area contributed by atoms with Crippen molar-refractivity contribution in [2.24, 2.45) is 0 Å². The van der Waals surface area contributed by atoms with E-state index in [1.807, 2.05) is 43.3 Å². The van der Waals surface area contributed by atoms with Crippen molar-refractivity contribution in [3.8, 4) is 17.0 Å². The Morgan fingerprint density at radius 2 is 1.78 bits per heavy atom. The van der Waals surface area contributed by atoms with Crippen LogP contribution in [0.4, 0.5) is 17.2 Å². The Balaban J connectivity index is 1.52. The topological polar surface area (TPSA) is 76.1 Å². The van der Waals surface area contributed by atoms with E-state index in [1.54, 1.807) is 36.4 Å². The van der Waals surface area contributed by atoms with Crippen molar-refractivity contribution in [1.82, 2.24) is 9.97 Å². The second-order valence-electron chi connectivity index (χ2n) is 7.16. The van der Waals surface area contributed by atoms with Crippen LogP contribution in [0.3, 0.4) is 0 Å². The van der Waals surface area contributed by atoms with Crippen molar-refractivity contribution in [2.45, 2.75) is 6.92 Å². The number of benzene rings is 3. The third-order valence-corrected chi connectivity index (χ3v) is 5.06. The van der Waals surface area contributed by atoms with Crippen molar-refractivity contribution in [3.63, 3.8) is 0 Å². The molecule has 32 heavy (non-hydrogen) atoms. The van der Waals surface area contributed by atoms with Gasteiger partial charge in [-0.3, -0.25) is 4.79 Å². The molecule has 0 aliphatic rings. The summed E-state index contributed by atoms with van der Waals surface area (Å²) < 4.78 is 5.29. The van der Waals surface area contributed by atoms with E-state index >= 15 is 0 Å². The quantitative estimate of drug-likeness (QED) is 0.375. The number of nitrogens with one attached hydrogen (secondary N) is 2. The van der Waals surface area contributed by atoms with Crippen LogP contribution in [-0.2, 0) is 0 Å². The Morgan fingerprint density at radius 3 is 2.56 bits per heavy atom. The standard InChI is InChI=1S/C25H21ClN4O2/c1-16-6-8-17(9-7-16)21-14-24(28-15-27-21)29-20-5-3-4-18(12-20)25(31)30-22-13-19(26)10-11-23(22)32-2/h3-15H,1-2H3,(H,30,31)(H,27,28,29). The van der Waals surface area contributed by atoms with Gasteiger partial charge in [-0.1, -0.05) is 47.5 Å². The lowest BCUT2D eigenvalue weighted by atomic mass is 10.1. The normalized spacial score (nSPS) is 10.5. The largest absolute Gasteiger partial charge is 0.495 e. The summed E-state index contributed by atoms with van der Waals surface area (Å²) in [5.74, 6) is 0.878. The molecule has 6 nitrogen and oxygen atoms in total. The van der Waals surface area contributed by atoms with Crippen molar-refractivity contribution in [3.05, 3.63) is 95.3 Å². The maximum atomic E-state index is 12.8. The Hall–Kier alpha value is -3.90. The van der Waals surface area contributed by atoms with Crippen LogP contribution < -0.4 is 15.4 Å². The number of amides is 1. The Morgan fingerprint density at radius 1 is 0.969 bits per heavy atom. The third-order valence-electron chi connectivity index (χ3n) is 4.82. The lowest BCUT2D eigenvalue weighted by Crippen LogP contribution is -2.13. The zero-order chi connectivity index (χ0) is 22.5. The molecule has 0 aliphatic heterocycles. The smallest absolute Gasteiger partial charge is 0.255 e. The fourth-order valence-electron chi connectivity index (χ4n) is 3.17. The fourth-order valence-corrected chi connectivity index (χ4v) is 3.34. The van der Waals surface area contributed by atoms with Gasteiger partial charge in [0, 0.05) is 27.9 Å². The summed E-state index contributed by atoms with van der Waals surface area (Å²) in [5.41, 5.74) is 4.71. The minimum absolute atomic E-state index is 0.280. The maximum Gasteiger partial charge on any atom is 0.255 e. The predicted molar refractivity (Wildman–Crippen MR) is 128 cm³/mol. The number of aryl methyl sites for hydroxylation is 1. The van der Waals surface area contributed by atoms with Gasteiger partial charge in [0.2, 0.25) is 0 Å². The highest BCUT2D eigenvalue weighted by Crippen LogP contribution is 2.28. The van der Waals surface area contributed by atoms with Crippen LogP contribution in [0.25, 0.3) is 11.3 Å². The van der Waals surface area contributed by atoms with Gasteiger partial charge in [0.1, 0.15) is 17.9 Å². The van der Waals surface area contributed by atoms with Crippen LogP contribution in [0.5, 0.6) is 5.75 Å². The zero-order valence-corrected chi connectivity index (χ0v) is 18.4. The molecule has 0 atom stereocenters. The average molecular weight is 445 g/mol. The number of rotatable bonds is 6. The molecule has 4 rings (SSSR count). The molecule has 0 unspecified atom stereocenters. The van der Waals surface area contributed by atoms with Gasteiger partial charge in [-0.25, -0.2) is 9.97 Å². The molecular formula is C25H21ClN4O2. The lowest BCUT2D eigenvalue weighted by molar-refractivity contribution is 0.102. The number of hydrogen-bond acceptors (Lipinski definition) is 5. The van der Waals surface area contributed by atoms with Crippen LogP contribution in [0, 0.1) is 6.92 Å². The van der Waals surface area contributed by atoms with E-state index in [-0.39, 0.29) is 5.91 Å². The summed E-state index contributed by atoms with van der Waals surface area (Å²) in [7, 11) is 1.54. The van der Waals surface area contributed by atoms with Crippen LogP contribution in [0.1, 0.15) is 15.9 Å². The Kier molecular flexibility index (Phi) is 6.33. The Bertz CT molecular complexity index is 1260. The number of carbonyl (C=O) groups excluding carboxylic acids is 1. The number of nitrogens with zero attached hydrogens (tertiary/aromatic N) is 2. The molecular weight excluding hydrogens is 424 g/mol. The highest BCUT2D eigenvalue weighted by Gasteiger charge is 2.11. The zero-order valence-electron chi connectivity index (χ0n) is 17.6. The molecule has 0 fully saturated rings. The number of ether oxygens (including phenoxy) is 1. The first-order chi connectivity index (χ1) is 15.5. The van der Waals surface area contributed by atoms with E-state index in [0.717, 1.165) is 16.9 Å². The molecule has 0 aliphatic carbocycles. The van der Waals surface area contributed by atoms with E-state index in [1.165, 1.54) is 19.0 Å². The minimum Gasteiger partial charge on any atom is -0.495 e. The summed E-state index contributed by atoms with van der Waals surface area (Å²) >= 11 is 6.05. The number of hydrogen-bond donors (Lipinski definition) is 2. The van der Waals surface area contributed by atoms with Crippen LogP contribution >= 0.6 is 11.6 Å². The number of aromatic nitrogens is 2. The number of halogens is 1. The summed E-state index contributed by atoms with van der Waals surface area (Å²) in [6.07, 6.45) is 1.51. The number of anilines is 3. The van der Waals surface area contributed by atoms with Crippen LogP contribution in [0.2, 0.25) is 5.02 Å². The molecule has 0 bridgehead atoms. The van der Waals surface area contributed by atoms with Gasteiger partial charge in [0.05, 0.1) is 18.5 Å². The van der Waals surface area contributed by atoms with E-state index in [2.05, 4.69) is 20.6 Å². The van der Waals surface area contributed by atoms with Gasteiger partial charge in [-0.15, -0.1) is 0 Å². The van der Waals surface area contributed by atoms with Crippen LogP contribution in [0.15, 0.2) is 79.1 Å². The molecule has 0 saturated heterocycles. The van der Waals surface area contributed by atoms with Gasteiger partial charge in [-0.2, -0.15) is 0 Å². The SMILES string of the molecule is COc1ccc(Cl)cc1NC(=O)c1cccc(Nc2cc(-c3ccc(C)cc3)ncn2)c1. The van der Waals surface area contributed by atoms with Gasteiger partial charge < -0.3 is 15.4 Å². The highest BCUT2D eigenvalue weighted by molar-refractivity contribution is 6.31. The van der Waals surface area contributed by atoms with Gasteiger partial charge in [0.15, 0.2) is 0 Å². The highest BCUT2D eigenvalue weighted by atomic mass is 35.5. The number of methoxy groups -OCH3 is 1. The molecule has 1 amide bonds. The second kappa shape index (κ2) is 9.49. The fraction of sp³-hybridized carbons (Fsp3) is 0.0800. The molecule has 3 aromatic carbocycles. The average Bonchev–Trinajstić information content (AvgIpc) is 2.80. The van der Waals surface area contributed by atoms with Crippen molar-refractivity contribution < 1.29 is 9.53 Å². The van der Waals surface area contributed by atoms with Gasteiger partial charge in [-0.05, 0) is 43.3 Å². The maximum absolute atomic E-state index is 12.8. The first-order valence-corrected chi connectivity index (χ1v) is 10.3. The number of carbonyl (C=O) groups is 1. The summed E-state index contributed by atoms with van der Waals surface area (Å²) in [5, 5.41) is 6.59. The van der Waals surface area contributed by atoms with E-state index < -0.39 is 0 Å². The molecule has 0 saturated carbocycles. The van der Waals surface area contributed by atoms with Crippen molar-refractivity contribution >= 4 is 34.7 Å². The monoisotopic (exact) mass is 444 g/mol. The van der Waals surface area contributed by atoms with Gasteiger partial charge >= 0.3 is 0 Å². The van der Waals surface area contributed by atoms with Crippen molar-refractivity contribution in [1.29, 1.82) is 0 Å². The molecule has 1 heterocycles. The molecule has 0 radical (unpaired) electrons. The lowest BCUT2D eigenvalue weighted by Gasteiger charge is -2.12. The minimum atomic E-state index is -0.280. The predicted octanol–water partition coefficient (Wildman–Crippen LogP) is 6.11. The molecule has 2 N–H and O–H groups in total. The van der Waals surface area contributed by atoms with Crippen molar-refractivity contribution in [2.75, 3.05) is 17.7 Å². The molecule has 4 aromatic rings. The molecule has 0 spiro atoms. The second-order valence-corrected chi connectivity index (χ2v) is 7.60. The first kappa shape index (κ1) is 21.3. The summed E-state index contributed by atoms with van der Waals surface area (Å²) in [6, 6.07) is 22.2. The van der Waals surface area contributed by atoms with E-state index in [4.69, 9.17) is 16.3 Å². The van der Waals surface area contributed by atoms with Crippen LogP contribution in [-0.4, -0.2) is 23.0 Å². The summed E-state index contributed by atoms with van der Waals surface area (Å²) in [6.45, 7) is 2.04. The first-order valence-electron chi connectivity index (χ1n) is 9.93. The molecule has 160 valence electrons. The van der Waals surface area contributed by atoms with E-state index in [0.29, 0.717) is 27.8 Å².